The van der Waals surface area contributed by atoms with E-state index in [1.807, 2.05) is 60.7 Å². The lowest BCUT2D eigenvalue weighted by atomic mass is 10.0. The Bertz CT molecular complexity index is 1100. The Morgan fingerprint density at radius 1 is 0.939 bits per heavy atom. The topological polar surface area (TPSA) is 111 Å². The molecule has 0 unspecified atom stereocenters. The molecule has 0 aliphatic carbocycles. The number of primary amides is 1. The fourth-order valence-electron chi connectivity index (χ4n) is 3.43. The van der Waals surface area contributed by atoms with Gasteiger partial charge in [-0.15, -0.1) is 0 Å². The first-order chi connectivity index (χ1) is 16.0. The smallest absolute Gasteiger partial charge is 0.251 e. The van der Waals surface area contributed by atoms with E-state index in [2.05, 4.69) is 10.6 Å². The number of hydrogen-bond donors (Lipinski definition) is 3. The number of carbonyl (C=O) groups excluding carboxylic acids is 3. The summed E-state index contributed by atoms with van der Waals surface area (Å²) in [5.74, 6) is -0.639. The number of ether oxygens (including phenoxy) is 1. The van der Waals surface area contributed by atoms with E-state index in [-0.39, 0.29) is 24.8 Å². The van der Waals surface area contributed by atoms with Gasteiger partial charge >= 0.3 is 0 Å². The van der Waals surface area contributed by atoms with E-state index < -0.39 is 11.9 Å². The van der Waals surface area contributed by atoms with E-state index >= 15 is 0 Å². The van der Waals surface area contributed by atoms with Crippen LogP contribution in [0.25, 0.3) is 11.1 Å². The molecule has 3 amide bonds. The van der Waals surface area contributed by atoms with Crippen LogP contribution in [0.4, 0.5) is 0 Å². The molecule has 33 heavy (non-hydrogen) atoms. The van der Waals surface area contributed by atoms with Crippen molar-refractivity contribution in [3.05, 3.63) is 90.0 Å². The predicted octanol–water partition coefficient (Wildman–Crippen LogP) is 2.69. The van der Waals surface area contributed by atoms with Gasteiger partial charge in [0, 0.05) is 30.5 Å². The molecule has 4 N–H and O–H groups in total. The predicted molar refractivity (Wildman–Crippen MR) is 127 cm³/mol. The molecular formula is C26H27N3O4. The number of nitrogens with two attached hydrogens (primary N) is 1. The van der Waals surface area contributed by atoms with E-state index in [0.29, 0.717) is 17.7 Å². The molecule has 0 aliphatic rings. The molecule has 0 saturated carbocycles. The highest BCUT2D eigenvalue weighted by Crippen LogP contribution is 2.30. The molecule has 0 saturated heterocycles. The average molecular weight is 446 g/mol. The monoisotopic (exact) mass is 445 g/mol. The number of amides is 3. The summed E-state index contributed by atoms with van der Waals surface area (Å²) < 4.78 is 5.46. The van der Waals surface area contributed by atoms with Gasteiger partial charge in [0.15, 0.2) is 0 Å². The van der Waals surface area contributed by atoms with Crippen molar-refractivity contribution in [1.29, 1.82) is 0 Å². The first-order valence-electron chi connectivity index (χ1n) is 10.6. The van der Waals surface area contributed by atoms with Gasteiger partial charge in [0.1, 0.15) is 11.8 Å². The zero-order valence-corrected chi connectivity index (χ0v) is 18.4. The minimum atomic E-state index is -0.824. The Hall–Kier alpha value is -4.13. The van der Waals surface area contributed by atoms with E-state index in [1.54, 1.807) is 25.3 Å². The zero-order valence-electron chi connectivity index (χ0n) is 18.4. The summed E-state index contributed by atoms with van der Waals surface area (Å²) in [6, 6.07) is 23.3. The molecule has 1 atom stereocenters. The molecule has 3 aromatic carbocycles. The van der Waals surface area contributed by atoms with Crippen molar-refractivity contribution < 1.29 is 19.1 Å². The number of nitrogens with one attached hydrogen (secondary N) is 2. The van der Waals surface area contributed by atoms with Gasteiger partial charge in [-0.05, 0) is 29.3 Å². The lowest BCUT2D eigenvalue weighted by Crippen LogP contribution is -2.48. The van der Waals surface area contributed by atoms with E-state index in [9.17, 15) is 14.4 Å². The van der Waals surface area contributed by atoms with Crippen molar-refractivity contribution in [2.75, 3.05) is 13.7 Å². The molecule has 0 radical (unpaired) electrons. The van der Waals surface area contributed by atoms with Crippen LogP contribution in [0.5, 0.6) is 5.75 Å². The van der Waals surface area contributed by atoms with Crippen LogP contribution in [-0.4, -0.2) is 37.4 Å². The van der Waals surface area contributed by atoms with Gasteiger partial charge in [-0.3, -0.25) is 14.4 Å². The van der Waals surface area contributed by atoms with E-state index in [0.717, 1.165) is 16.7 Å². The molecule has 7 heteroatoms. The maximum atomic E-state index is 13.1. The van der Waals surface area contributed by atoms with Crippen LogP contribution in [0.3, 0.4) is 0 Å². The molecule has 3 aromatic rings. The number of rotatable bonds is 10. The summed E-state index contributed by atoms with van der Waals surface area (Å²) in [5.41, 5.74) is 8.13. The molecule has 0 spiro atoms. The van der Waals surface area contributed by atoms with Crippen molar-refractivity contribution in [2.24, 2.45) is 5.73 Å². The highest BCUT2D eigenvalue weighted by Gasteiger charge is 2.22. The van der Waals surface area contributed by atoms with Crippen LogP contribution < -0.4 is 21.1 Å². The van der Waals surface area contributed by atoms with E-state index in [4.69, 9.17) is 10.5 Å². The second-order valence-corrected chi connectivity index (χ2v) is 7.50. The van der Waals surface area contributed by atoms with Crippen molar-refractivity contribution in [3.8, 4) is 16.9 Å². The fourth-order valence-corrected chi connectivity index (χ4v) is 3.43. The van der Waals surface area contributed by atoms with Crippen LogP contribution in [0.1, 0.15) is 22.3 Å². The first-order valence-corrected chi connectivity index (χ1v) is 10.6. The second kappa shape index (κ2) is 11.5. The molecule has 3 rings (SSSR count). The highest BCUT2D eigenvalue weighted by molar-refractivity contribution is 5.99. The number of hydrogen-bond acceptors (Lipinski definition) is 4. The Labute approximate surface area is 193 Å². The van der Waals surface area contributed by atoms with Crippen molar-refractivity contribution >= 4 is 17.7 Å². The Morgan fingerprint density at radius 2 is 1.61 bits per heavy atom. The normalized spacial score (nSPS) is 11.3. The maximum absolute atomic E-state index is 13.1. The SMILES string of the molecule is COc1ccc(C(=O)N[C@@H](Cc2ccccc2)C(=O)NCCC(N)=O)cc1-c1ccccc1. The minimum absolute atomic E-state index is 0.0245. The summed E-state index contributed by atoms with van der Waals surface area (Å²) in [5, 5.41) is 5.50. The zero-order chi connectivity index (χ0) is 23.6. The van der Waals surface area contributed by atoms with Gasteiger partial charge in [-0.25, -0.2) is 0 Å². The van der Waals surface area contributed by atoms with E-state index in [1.165, 1.54) is 0 Å². The summed E-state index contributed by atoms with van der Waals surface area (Å²) >= 11 is 0. The molecule has 7 nitrogen and oxygen atoms in total. The lowest BCUT2D eigenvalue weighted by Gasteiger charge is -2.19. The Kier molecular flexibility index (Phi) is 8.18. The molecule has 0 bridgehead atoms. The molecule has 0 aromatic heterocycles. The van der Waals surface area contributed by atoms with Gasteiger partial charge in [0.2, 0.25) is 11.8 Å². The summed E-state index contributed by atoms with van der Waals surface area (Å²) in [6.07, 6.45) is 0.327. The summed E-state index contributed by atoms with van der Waals surface area (Å²) in [4.78, 5) is 36.9. The molecule has 170 valence electrons. The van der Waals surface area contributed by atoms with Crippen molar-refractivity contribution in [3.63, 3.8) is 0 Å². The maximum Gasteiger partial charge on any atom is 0.251 e. The highest BCUT2D eigenvalue weighted by atomic mass is 16.5. The average Bonchev–Trinajstić information content (AvgIpc) is 2.84. The van der Waals surface area contributed by atoms with Crippen molar-refractivity contribution in [2.45, 2.75) is 18.9 Å². The quantitative estimate of drug-likeness (QED) is 0.446. The van der Waals surface area contributed by atoms with Crippen molar-refractivity contribution in [1.82, 2.24) is 10.6 Å². The third kappa shape index (κ3) is 6.67. The molecule has 0 aliphatic heterocycles. The van der Waals surface area contributed by atoms with Gasteiger partial charge in [-0.2, -0.15) is 0 Å². The minimum Gasteiger partial charge on any atom is -0.496 e. The number of benzene rings is 3. The van der Waals surface area contributed by atoms with Gasteiger partial charge in [0.05, 0.1) is 7.11 Å². The number of methoxy groups -OCH3 is 1. The van der Waals surface area contributed by atoms with Crippen LogP contribution in [0, 0.1) is 0 Å². The summed E-state index contributed by atoms with van der Waals surface area (Å²) in [6.45, 7) is 0.107. The molecule has 0 heterocycles. The third-order valence-electron chi connectivity index (χ3n) is 5.12. The number of carbonyl (C=O) groups is 3. The second-order valence-electron chi connectivity index (χ2n) is 7.50. The van der Waals surface area contributed by atoms with Crippen LogP contribution in [-0.2, 0) is 16.0 Å². The largest absolute Gasteiger partial charge is 0.496 e. The van der Waals surface area contributed by atoms with Gasteiger partial charge < -0.3 is 21.1 Å². The molecular weight excluding hydrogens is 418 g/mol. The van der Waals surface area contributed by atoms with Crippen LogP contribution in [0.15, 0.2) is 78.9 Å². The van der Waals surface area contributed by atoms with Crippen LogP contribution >= 0.6 is 0 Å². The molecule has 0 fully saturated rings. The standard InChI is InChI=1S/C26H27N3O4/c1-33-23-13-12-20(17-21(23)19-10-6-3-7-11-19)25(31)29-22(16-18-8-4-2-5-9-18)26(32)28-15-14-24(27)30/h2-13,17,22H,14-16H2,1H3,(H2,27,30)(H,28,32)(H,29,31)/t22-/m0/s1. The summed E-state index contributed by atoms with van der Waals surface area (Å²) in [7, 11) is 1.58. The Balaban J connectivity index is 1.82. The Morgan fingerprint density at radius 3 is 2.24 bits per heavy atom. The van der Waals surface area contributed by atoms with Gasteiger partial charge in [-0.1, -0.05) is 60.7 Å². The first kappa shape index (κ1) is 23.5. The third-order valence-corrected chi connectivity index (χ3v) is 5.12. The fraction of sp³-hybridized carbons (Fsp3) is 0.192. The lowest BCUT2D eigenvalue weighted by molar-refractivity contribution is -0.123. The van der Waals surface area contributed by atoms with Crippen LogP contribution in [0.2, 0.25) is 0 Å². The van der Waals surface area contributed by atoms with Gasteiger partial charge in [0.25, 0.3) is 5.91 Å².